The Bertz CT molecular complexity index is 1460. The molecule has 7 N–H and O–H groups in total. The summed E-state index contributed by atoms with van der Waals surface area (Å²) in [5.74, 6) is -1.74. The zero-order chi connectivity index (χ0) is 25.1. The first-order valence-corrected chi connectivity index (χ1v) is 13.1. The molecule has 34 heavy (non-hydrogen) atoms. The van der Waals surface area contributed by atoms with E-state index in [9.17, 15) is 21.6 Å². The molecule has 1 aromatic heterocycles. The van der Waals surface area contributed by atoms with Gasteiger partial charge in [0.15, 0.2) is 15.8 Å². The van der Waals surface area contributed by atoms with Gasteiger partial charge in [-0.25, -0.2) is 27.0 Å². The number of H-pyrrole nitrogens is 1. The van der Waals surface area contributed by atoms with Crippen LogP contribution in [0.15, 0.2) is 63.7 Å². The summed E-state index contributed by atoms with van der Waals surface area (Å²) >= 11 is 0. The molecule has 2 aromatic carbocycles. The number of aliphatic imine (C=N–C) groups is 1. The Hall–Kier alpha value is -3.75. The second kappa shape index (κ2) is 9.62. The maximum atomic E-state index is 12.3. The molecule has 3 aromatic rings. The number of guanidine groups is 1. The average molecular weight is 507 g/mol. The minimum absolute atomic E-state index is 0.109. The number of rotatable bonds is 8. The Balaban J connectivity index is 2.00. The number of imidazole rings is 1. The smallest absolute Gasteiger partial charge is 0.280 e. The standard InChI is InChI=1S/C20H22N6O6S2/c1-33(28,29)17-9-13(19(27)26-20(21)22)4-7-15(17)32-16-6-3-12(8-18(16)34(23,30)31)2-5-14-10-24-11-25-14/h3-4,6-11H,2,5H2,1H3,(H,24,25)(H2,23,30,31)(H4,21,22,26,27). The third-order valence-electron chi connectivity index (χ3n) is 4.59. The lowest BCUT2D eigenvalue weighted by Gasteiger charge is -2.14. The number of ether oxygens (including phenoxy) is 1. The van der Waals surface area contributed by atoms with Gasteiger partial charge in [0.05, 0.1) is 6.33 Å². The number of nitrogens with one attached hydrogen (secondary N) is 1. The highest BCUT2D eigenvalue weighted by Gasteiger charge is 2.22. The van der Waals surface area contributed by atoms with Crippen LogP contribution in [0.25, 0.3) is 0 Å². The SMILES string of the molecule is CS(=O)(=O)c1cc(C(=O)N=C(N)N)ccc1Oc1ccc(CCc2cnc[nH]2)cc1S(N)(=O)=O. The predicted molar refractivity (Wildman–Crippen MR) is 124 cm³/mol. The molecule has 0 saturated heterocycles. The van der Waals surface area contributed by atoms with Crippen molar-refractivity contribution < 1.29 is 26.4 Å². The molecule has 180 valence electrons. The van der Waals surface area contributed by atoms with Gasteiger partial charge in [0, 0.05) is 23.7 Å². The van der Waals surface area contributed by atoms with Crippen LogP contribution in [0.3, 0.4) is 0 Å². The number of nitrogens with zero attached hydrogens (tertiary/aromatic N) is 2. The van der Waals surface area contributed by atoms with E-state index in [-0.39, 0.29) is 26.9 Å². The van der Waals surface area contributed by atoms with Crippen molar-refractivity contribution in [1.29, 1.82) is 0 Å². The van der Waals surface area contributed by atoms with E-state index in [1.807, 2.05) is 0 Å². The maximum absolute atomic E-state index is 12.3. The number of aromatic nitrogens is 2. The van der Waals surface area contributed by atoms with Crippen LogP contribution in [0.2, 0.25) is 0 Å². The van der Waals surface area contributed by atoms with E-state index in [4.69, 9.17) is 21.3 Å². The first kappa shape index (κ1) is 24.9. The van der Waals surface area contributed by atoms with Crippen molar-refractivity contribution in [3.63, 3.8) is 0 Å². The Labute approximate surface area is 195 Å². The molecule has 0 radical (unpaired) electrons. The van der Waals surface area contributed by atoms with E-state index < -0.39 is 31.7 Å². The van der Waals surface area contributed by atoms with Gasteiger partial charge in [0.25, 0.3) is 5.91 Å². The molecule has 0 unspecified atom stereocenters. The Morgan fingerprint density at radius 2 is 1.71 bits per heavy atom. The van der Waals surface area contributed by atoms with Gasteiger partial charge in [-0.3, -0.25) is 4.79 Å². The first-order valence-electron chi connectivity index (χ1n) is 9.63. The molecule has 0 aliphatic carbocycles. The van der Waals surface area contributed by atoms with E-state index in [0.717, 1.165) is 18.0 Å². The second-order valence-corrected chi connectivity index (χ2v) is 10.8. The van der Waals surface area contributed by atoms with Crippen LogP contribution < -0.4 is 21.3 Å². The number of carbonyl (C=O) groups excluding carboxylic acids is 1. The molecule has 0 bridgehead atoms. The van der Waals surface area contributed by atoms with Crippen molar-refractivity contribution >= 4 is 31.7 Å². The normalized spacial score (nSPS) is 11.7. The third kappa shape index (κ3) is 6.18. The fraction of sp³-hybridized carbons (Fsp3) is 0.150. The number of sulfone groups is 1. The molecular weight excluding hydrogens is 484 g/mol. The number of benzene rings is 2. The van der Waals surface area contributed by atoms with Gasteiger partial charge in [0.1, 0.15) is 21.3 Å². The lowest BCUT2D eigenvalue weighted by Crippen LogP contribution is -2.24. The van der Waals surface area contributed by atoms with Gasteiger partial charge >= 0.3 is 0 Å². The third-order valence-corrected chi connectivity index (χ3v) is 6.64. The number of hydrogen-bond acceptors (Lipinski definition) is 7. The molecule has 0 aliphatic heterocycles. The van der Waals surface area contributed by atoms with Crippen LogP contribution in [0, 0.1) is 0 Å². The minimum atomic E-state index is -4.23. The van der Waals surface area contributed by atoms with E-state index in [1.54, 1.807) is 12.3 Å². The van der Waals surface area contributed by atoms with Crippen LogP contribution in [0.1, 0.15) is 21.6 Å². The van der Waals surface area contributed by atoms with Crippen molar-refractivity contribution in [3.05, 3.63) is 65.7 Å². The van der Waals surface area contributed by atoms with E-state index in [2.05, 4.69) is 15.0 Å². The number of nitrogens with two attached hydrogens (primary N) is 3. The molecule has 0 saturated carbocycles. The summed E-state index contributed by atoms with van der Waals surface area (Å²) in [4.78, 5) is 21.7. The van der Waals surface area contributed by atoms with Crippen molar-refractivity contribution in [3.8, 4) is 11.5 Å². The zero-order valence-corrected chi connectivity index (χ0v) is 19.6. The lowest BCUT2D eigenvalue weighted by atomic mass is 10.1. The molecule has 0 aliphatic rings. The number of primary sulfonamides is 1. The summed E-state index contributed by atoms with van der Waals surface area (Å²) in [7, 11) is -8.13. The van der Waals surface area contributed by atoms with Crippen LogP contribution >= 0.6 is 0 Å². The van der Waals surface area contributed by atoms with E-state index >= 15 is 0 Å². The van der Waals surface area contributed by atoms with Crippen LogP contribution in [0.4, 0.5) is 0 Å². The van der Waals surface area contributed by atoms with Gasteiger partial charge in [-0.15, -0.1) is 0 Å². The fourth-order valence-electron chi connectivity index (χ4n) is 3.03. The summed E-state index contributed by atoms with van der Waals surface area (Å²) in [6, 6.07) is 7.86. The van der Waals surface area contributed by atoms with Crippen molar-refractivity contribution in [2.45, 2.75) is 22.6 Å². The number of hydrogen-bond donors (Lipinski definition) is 4. The lowest BCUT2D eigenvalue weighted by molar-refractivity contribution is 0.100. The number of aryl methyl sites for hydroxylation is 2. The van der Waals surface area contributed by atoms with Gasteiger partial charge < -0.3 is 21.2 Å². The molecule has 12 nitrogen and oxygen atoms in total. The molecule has 0 fully saturated rings. The fourth-order valence-corrected chi connectivity index (χ4v) is 4.55. The predicted octanol–water partition coefficient (Wildman–Crippen LogP) is 0.452. The summed E-state index contributed by atoms with van der Waals surface area (Å²) < 4.78 is 54.8. The topological polar surface area (TPSA) is 214 Å². The molecule has 1 amide bonds. The minimum Gasteiger partial charge on any atom is -0.455 e. The highest BCUT2D eigenvalue weighted by atomic mass is 32.2. The van der Waals surface area contributed by atoms with Crippen LogP contribution in [0.5, 0.6) is 11.5 Å². The molecule has 0 spiro atoms. The Morgan fingerprint density at radius 3 is 2.29 bits per heavy atom. The maximum Gasteiger partial charge on any atom is 0.280 e. The van der Waals surface area contributed by atoms with Gasteiger partial charge in [-0.05, 0) is 48.7 Å². The molecule has 14 heteroatoms. The van der Waals surface area contributed by atoms with Crippen LogP contribution in [-0.2, 0) is 32.7 Å². The van der Waals surface area contributed by atoms with Crippen LogP contribution in [-0.4, -0.2) is 44.9 Å². The van der Waals surface area contributed by atoms with E-state index in [0.29, 0.717) is 18.4 Å². The summed E-state index contributed by atoms with van der Waals surface area (Å²) in [6.07, 6.45) is 5.17. The summed E-state index contributed by atoms with van der Waals surface area (Å²) in [6.45, 7) is 0. The molecule has 0 atom stereocenters. The number of aromatic amines is 1. The van der Waals surface area contributed by atoms with Crippen molar-refractivity contribution in [2.75, 3.05) is 6.26 Å². The molecular formula is C20H22N6O6S2. The quantitative estimate of drug-likeness (QED) is 0.246. The van der Waals surface area contributed by atoms with Gasteiger partial charge in [-0.2, -0.15) is 4.99 Å². The van der Waals surface area contributed by atoms with Gasteiger partial charge in [0.2, 0.25) is 10.0 Å². The monoisotopic (exact) mass is 506 g/mol. The highest BCUT2D eigenvalue weighted by Crippen LogP contribution is 2.34. The largest absolute Gasteiger partial charge is 0.455 e. The summed E-state index contributed by atoms with van der Waals surface area (Å²) in [5, 5.41) is 5.38. The van der Waals surface area contributed by atoms with E-state index in [1.165, 1.54) is 30.6 Å². The number of sulfonamides is 1. The average Bonchev–Trinajstić information content (AvgIpc) is 3.25. The Kier molecular flexibility index (Phi) is 7.04. The summed E-state index contributed by atoms with van der Waals surface area (Å²) in [5.41, 5.74) is 11.8. The van der Waals surface area contributed by atoms with Gasteiger partial charge in [-0.1, -0.05) is 6.07 Å². The molecule has 3 rings (SSSR count). The van der Waals surface area contributed by atoms with Crippen molar-refractivity contribution in [1.82, 2.24) is 9.97 Å². The molecule has 1 heterocycles. The number of carbonyl (C=O) groups is 1. The van der Waals surface area contributed by atoms with Crippen molar-refractivity contribution in [2.24, 2.45) is 21.6 Å². The second-order valence-electron chi connectivity index (χ2n) is 7.28. The zero-order valence-electron chi connectivity index (χ0n) is 17.9. The highest BCUT2D eigenvalue weighted by molar-refractivity contribution is 7.90. The first-order chi connectivity index (χ1) is 15.8. The Morgan fingerprint density at radius 1 is 1.03 bits per heavy atom. The number of amides is 1.